The molecule has 1 amide bonds. The van der Waals surface area contributed by atoms with Gasteiger partial charge in [0.25, 0.3) is 0 Å². The summed E-state index contributed by atoms with van der Waals surface area (Å²) >= 11 is 1.17. The number of rotatable bonds is 9. The first-order valence-electron chi connectivity index (χ1n) is 13.6. The monoisotopic (exact) mass is 418 g/mol. The first-order valence-corrected chi connectivity index (χ1v) is 9.94. The molecule has 3 rings (SSSR count). The van der Waals surface area contributed by atoms with E-state index in [4.69, 9.17) is 18.1 Å². The molecule has 0 radical (unpaired) electrons. The predicted molar refractivity (Wildman–Crippen MR) is 119 cm³/mol. The highest BCUT2D eigenvalue weighted by Crippen LogP contribution is 2.21. The molecule has 0 unspecified atom stereocenters. The van der Waals surface area contributed by atoms with Crippen molar-refractivity contribution in [3.63, 3.8) is 0 Å². The maximum atomic E-state index is 12.4. The fourth-order valence-corrected chi connectivity index (χ4v) is 3.14. The van der Waals surface area contributed by atoms with E-state index in [9.17, 15) is 9.90 Å². The fourth-order valence-electron chi connectivity index (χ4n) is 2.58. The first kappa shape index (κ1) is 12.1. The number of hydrogen-bond donors (Lipinski definition) is 3. The number of unbranched alkanes of at least 4 members (excludes halogenated alkanes) is 1. The van der Waals surface area contributed by atoms with E-state index in [0.29, 0.717) is 10.8 Å². The van der Waals surface area contributed by atoms with Crippen molar-refractivity contribution in [3.8, 4) is 0 Å². The Bertz CT molecular complexity index is 1340. The molecule has 1 heterocycles. The molecule has 2 aromatic carbocycles. The molecule has 4 N–H and O–H groups in total. The van der Waals surface area contributed by atoms with Gasteiger partial charge in [0.1, 0.15) is 0 Å². The Kier molecular flexibility index (Phi) is 4.25. The van der Waals surface area contributed by atoms with E-state index in [1.807, 2.05) is 0 Å². The molecule has 0 saturated heterocycles. The number of thiazole rings is 1. The lowest BCUT2D eigenvalue weighted by atomic mass is 10.00. The maximum absolute atomic E-state index is 12.4. The van der Waals surface area contributed by atoms with Gasteiger partial charge >= 0.3 is 0 Å². The number of amides is 1. The van der Waals surface area contributed by atoms with Gasteiger partial charge in [-0.1, -0.05) is 48.2 Å². The number of carbonyl (C=O) groups excluding carboxylic acids is 1. The van der Waals surface area contributed by atoms with Crippen LogP contribution in [0.2, 0.25) is 0 Å². The van der Waals surface area contributed by atoms with E-state index in [1.54, 1.807) is 5.38 Å². The van der Waals surface area contributed by atoms with Crippen molar-refractivity contribution in [2.24, 2.45) is 0 Å². The van der Waals surface area contributed by atoms with Crippen LogP contribution < -0.4 is 11.1 Å². The van der Waals surface area contributed by atoms with E-state index in [2.05, 4.69) is 10.3 Å². The van der Waals surface area contributed by atoms with Crippen LogP contribution in [0.4, 0.5) is 10.8 Å². The summed E-state index contributed by atoms with van der Waals surface area (Å²) in [6.07, 6.45) is -2.17. The van der Waals surface area contributed by atoms with Crippen LogP contribution in [-0.4, -0.2) is 16.0 Å². The van der Waals surface area contributed by atoms with Crippen molar-refractivity contribution in [2.45, 2.75) is 45.1 Å². The highest BCUT2D eigenvalue weighted by molar-refractivity contribution is 7.13. The van der Waals surface area contributed by atoms with Crippen LogP contribution >= 0.6 is 11.3 Å². The zero-order chi connectivity index (χ0) is 28.5. The summed E-state index contributed by atoms with van der Waals surface area (Å²) in [5.74, 6) is -0.564. The van der Waals surface area contributed by atoms with Gasteiger partial charge < -0.3 is 16.2 Å². The van der Waals surface area contributed by atoms with Crippen LogP contribution in [0.25, 0.3) is 0 Å². The molecule has 6 heteroatoms. The van der Waals surface area contributed by atoms with Gasteiger partial charge in [-0.2, -0.15) is 0 Å². The SMILES string of the molecule is [2H]c1c([2H])c(C)c([2H])c([C@@]([2H])(O)CCCCc2c([2H])c([2H])c(NC(=O)Cc3csc(N)n3)c([2H])c2[2H])c1[2H]. The topological polar surface area (TPSA) is 88.2 Å². The first-order chi connectivity index (χ1) is 17.7. The van der Waals surface area contributed by atoms with Gasteiger partial charge in [-0.15, -0.1) is 11.3 Å². The Morgan fingerprint density at radius 2 is 2.10 bits per heavy atom. The summed E-state index contributed by atoms with van der Waals surface area (Å²) < 4.78 is 73.3. The molecule has 0 aliphatic rings. The molecule has 0 fully saturated rings. The lowest BCUT2D eigenvalue weighted by Crippen LogP contribution is -2.14. The van der Waals surface area contributed by atoms with Crippen LogP contribution in [0, 0.1) is 6.92 Å². The summed E-state index contributed by atoms with van der Waals surface area (Å²) in [6.45, 7) is 1.42. The standard InChI is InChI=1S/C23H27N3O2S/c1-16-5-4-7-18(13-16)21(27)8-3-2-6-17-9-11-19(12-10-17)25-22(28)14-20-15-29-23(24)26-20/h4-5,7,9-13,15,21,27H,2-3,6,8,14H2,1H3,(H2,24,26)(H,25,28)/t21-/m0/s1/i4D,5D,7D,9D,10D,11D,12D,13D,21D. The third-order valence-corrected chi connectivity index (χ3v) is 4.70. The van der Waals surface area contributed by atoms with Crippen molar-refractivity contribution in [3.05, 3.63) is 76.1 Å². The van der Waals surface area contributed by atoms with Crippen molar-refractivity contribution >= 4 is 28.1 Å². The van der Waals surface area contributed by atoms with E-state index in [0.717, 1.165) is 0 Å². The van der Waals surface area contributed by atoms with Gasteiger partial charge in [0, 0.05) is 11.1 Å². The minimum absolute atomic E-state index is 0.0910. The second-order valence-corrected chi connectivity index (χ2v) is 7.30. The van der Waals surface area contributed by atoms with Crippen LogP contribution in [0.3, 0.4) is 0 Å². The molecule has 0 spiro atoms. The third-order valence-electron chi connectivity index (χ3n) is 3.98. The molecular formula is C23H27N3O2S. The van der Waals surface area contributed by atoms with Crippen molar-refractivity contribution in [1.82, 2.24) is 4.98 Å². The van der Waals surface area contributed by atoms with Crippen LogP contribution in [-0.2, 0) is 17.6 Å². The normalized spacial score (nSPS) is 17.4. The minimum Gasteiger partial charge on any atom is -0.388 e. The fraction of sp³-hybridized carbons (Fsp3) is 0.304. The van der Waals surface area contributed by atoms with Crippen LogP contribution in [0.1, 0.15) is 60.1 Å². The summed E-state index contributed by atoms with van der Waals surface area (Å²) in [5.41, 5.74) is 5.59. The van der Waals surface area contributed by atoms with E-state index in [-0.39, 0.29) is 78.7 Å². The lowest BCUT2D eigenvalue weighted by molar-refractivity contribution is -0.115. The predicted octanol–water partition coefficient (Wildman–Crippen LogP) is 4.66. The number of aliphatic hydroxyl groups is 1. The number of aromatic nitrogens is 1. The summed E-state index contributed by atoms with van der Waals surface area (Å²) in [5, 5.41) is 15.0. The number of nitrogens with zero attached hydrogens (tertiary/aromatic N) is 1. The molecule has 0 bridgehead atoms. The molecule has 3 aromatic rings. The summed E-state index contributed by atoms with van der Waals surface area (Å²) in [7, 11) is 0. The number of benzene rings is 2. The second-order valence-electron chi connectivity index (χ2n) is 6.41. The average molecular weight is 419 g/mol. The number of nitrogens with one attached hydrogen (secondary N) is 1. The van der Waals surface area contributed by atoms with Gasteiger partial charge in [0.05, 0.1) is 30.5 Å². The molecule has 0 aliphatic carbocycles. The molecule has 29 heavy (non-hydrogen) atoms. The Morgan fingerprint density at radius 1 is 1.31 bits per heavy atom. The molecule has 1 aromatic heterocycles. The quantitative estimate of drug-likeness (QED) is 0.441. The largest absolute Gasteiger partial charge is 0.388 e. The van der Waals surface area contributed by atoms with Crippen LogP contribution in [0.5, 0.6) is 0 Å². The van der Waals surface area contributed by atoms with Crippen LogP contribution in [0.15, 0.2) is 53.7 Å². The Hall–Kier alpha value is -2.70. The average Bonchev–Trinajstić information content (AvgIpc) is 3.26. The Morgan fingerprint density at radius 3 is 2.83 bits per heavy atom. The number of nitrogen functional groups attached to an aromatic ring is 1. The summed E-state index contributed by atoms with van der Waals surface area (Å²) in [4.78, 5) is 16.4. The van der Waals surface area contributed by atoms with E-state index >= 15 is 0 Å². The van der Waals surface area contributed by atoms with Gasteiger partial charge in [0.2, 0.25) is 5.91 Å². The highest BCUT2D eigenvalue weighted by atomic mass is 32.1. The molecular weight excluding hydrogens is 382 g/mol. The molecule has 152 valence electrons. The Balaban J connectivity index is 1.71. The zero-order valence-corrected chi connectivity index (χ0v) is 16.7. The van der Waals surface area contributed by atoms with Crippen molar-refractivity contribution < 1.29 is 22.2 Å². The van der Waals surface area contributed by atoms with E-state index in [1.165, 1.54) is 18.3 Å². The van der Waals surface area contributed by atoms with Gasteiger partial charge in [0.15, 0.2) is 5.13 Å². The number of nitrogens with two attached hydrogens (primary N) is 1. The van der Waals surface area contributed by atoms with Crippen molar-refractivity contribution in [1.29, 1.82) is 0 Å². The van der Waals surface area contributed by atoms with Gasteiger partial charge in [-0.05, 0) is 49.4 Å². The zero-order valence-electron chi connectivity index (χ0n) is 24.9. The third kappa shape index (κ3) is 6.69. The number of hydrogen-bond acceptors (Lipinski definition) is 5. The Labute approximate surface area is 188 Å². The summed E-state index contributed by atoms with van der Waals surface area (Å²) in [6, 6.07) is -3.08. The molecule has 0 aliphatic heterocycles. The van der Waals surface area contributed by atoms with Crippen molar-refractivity contribution in [2.75, 3.05) is 11.1 Å². The highest BCUT2D eigenvalue weighted by Gasteiger charge is 2.08. The number of anilines is 2. The minimum atomic E-state index is -2.35. The maximum Gasteiger partial charge on any atom is 0.230 e. The molecule has 1 atom stereocenters. The second kappa shape index (κ2) is 10.2. The lowest BCUT2D eigenvalue weighted by Gasteiger charge is -2.11. The number of carbonyl (C=O) groups is 1. The van der Waals surface area contributed by atoms with Gasteiger partial charge in [-0.3, -0.25) is 4.79 Å². The van der Waals surface area contributed by atoms with Gasteiger partial charge in [-0.25, -0.2) is 4.98 Å². The molecule has 0 saturated carbocycles. The molecule has 5 nitrogen and oxygen atoms in total. The van der Waals surface area contributed by atoms with E-state index < -0.39 is 36.2 Å². The smallest absolute Gasteiger partial charge is 0.230 e.